The Kier molecular flexibility index (Phi) is 4.20. The molecule has 3 aromatic rings. The Balaban J connectivity index is 1.62. The number of hydrogen-bond donors (Lipinski definition) is 1. The zero-order chi connectivity index (χ0) is 17.1. The number of hydrogen-bond acceptors (Lipinski definition) is 6. The topological polar surface area (TPSA) is 84.4 Å². The van der Waals surface area contributed by atoms with Gasteiger partial charge in [0.2, 0.25) is 5.89 Å². The molecular weight excluding hydrogens is 320 g/mol. The number of aromatic nitrogens is 2. The Bertz CT molecular complexity index is 823. The first-order valence-corrected chi connectivity index (χ1v) is 8.29. The number of carbonyl (C=O) groups excluding carboxylic acids is 1. The number of amides is 1. The van der Waals surface area contributed by atoms with Gasteiger partial charge >= 0.3 is 6.01 Å². The average Bonchev–Trinajstić information content (AvgIpc) is 3.42. The molecule has 0 aliphatic carbocycles. The van der Waals surface area contributed by atoms with Gasteiger partial charge in [-0.2, -0.15) is 0 Å². The molecule has 1 aliphatic rings. The number of nitrogens with zero attached hydrogens (tertiary/aromatic N) is 3. The van der Waals surface area contributed by atoms with Crippen LogP contribution in [0.4, 0.5) is 6.01 Å². The highest BCUT2D eigenvalue weighted by atomic mass is 16.4. The molecule has 1 N–H and O–H groups in total. The first kappa shape index (κ1) is 15.4. The highest BCUT2D eigenvalue weighted by Crippen LogP contribution is 2.25. The van der Waals surface area contributed by atoms with Crippen LogP contribution in [0.25, 0.3) is 0 Å². The Morgan fingerprint density at radius 2 is 1.88 bits per heavy atom. The quantitative estimate of drug-likeness (QED) is 0.770. The number of rotatable bonds is 5. The van der Waals surface area contributed by atoms with Crippen LogP contribution in [0.5, 0.6) is 0 Å². The van der Waals surface area contributed by atoms with E-state index in [-0.39, 0.29) is 11.7 Å². The van der Waals surface area contributed by atoms with Gasteiger partial charge in [-0.1, -0.05) is 35.4 Å². The van der Waals surface area contributed by atoms with Crippen molar-refractivity contribution >= 4 is 11.9 Å². The van der Waals surface area contributed by atoms with Gasteiger partial charge in [0.1, 0.15) is 6.04 Å². The lowest BCUT2D eigenvalue weighted by Crippen LogP contribution is -2.29. The molecule has 0 unspecified atom stereocenters. The molecule has 25 heavy (non-hydrogen) atoms. The lowest BCUT2D eigenvalue weighted by Gasteiger charge is -2.15. The van der Waals surface area contributed by atoms with E-state index in [0.717, 1.165) is 31.5 Å². The number of furan rings is 1. The third kappa shape index (κ3) is 3.26. The summed E-state index contributed by atoms with van der Waals surface area (Å²) in [6.45, 7) is 1.83. The predicted octanol–water partition coefficient (Wildman–Crippen LogP) is 2.78. The smallest absolute Gasteiger partial charge is 0.318 e. The molecule has 7 nitrogen and oxygen atoms in total. The lowest BCUT2D eigenvalue weighted by atomic mass is 10.1. The summed E-state index contributed by atoms with van der Waals surface area (Å²) in [6.07, 6.45) is 3.70. The summed E-state index contributed by atoms with van der Waals surface area (Å²) in [5.41, 5.74) is 0.860. The van der Waals surface area contributed by atoms with Crippen LogP contribution < -0.4 is 10.2 Å². The zero-order valence-corrected chi connectivity index (χ0v) is 13.6. The van der Waals surface area contributed by atoms with Crippen LogP contribution in [0.3, 0.4) is 0 Å². The van der Waals surface area contributed by atoms with E-state index >= 15 is 0 Å². The number of carbonyl (C=O) groups is 1. The summed E-state index contributed by atoms with van der Waals surface area (Å²) in [5, 5.41) is 11.2. The minimum Gasteiger partial charge on any atom is -0.459 e. The van der Waals surface area contributed by atoms with E-state index in [1.807, 2.05) is 30.3 Å². The highest BCUT2D eigenvalue weighted by Gasteiger charge is 2.26. The maximum atomic E-state index is 12.4. The normalized spacial score (nSPS) is 15.3. The maximum absolute atomic E-state index is 12.4. The zero-order valence-electron chi connectivity index (χ0n) is 13.6. The molecular formula is C18H18N4O3. The van der Waals surface area contributed by atoms with Crippen LogP contribution in [0, 0.1) is 0 Å². The summed E-state index contributed by atoms with van der Waals surface area (Å²) in [5.74, 6) is 0.257. The van der Waals surface area contributed by atoms with Crippen molar-refractivity contribution in [2.75, 3.05) is 18.0 Å². The monoisotopic (exact) mass is 338 g/mol. The van der Waals surface area contributed by atoms with Crippen LogP contribution in [-0.2, 0) is 0 Å². The second kappa shape index (κ2) is 6.80. The van der Waals surface area contributed by atoms with E-state index in [4.69, 9.17) is 8.83 Å². The van der Waals surface area contributed by atoms with Gasteiger partial charge < -0.3 is 19.1 Å². The second-order valence-electron chi connectivity index (χ2n) is 5.91. The van der Waals surface area contributed by atoms with Gasteiger partial charge in [0.15, 0.2) is 5.76 Å². The SMILES string of the molecule is O=C(N[C@@H](c1ccccc1)c1nnc(N2CCCC2)o1)c1ccco1. The van der Waals surface area contributed by atoms with Crippen LogP contribution in [0.1, 0.15) is 40.9 Å². The Labute approximate surface area is 144 Å². The van der Waals surface area contributed by atoms with E-state index in [0.29, 0.717) is 11.9 Å². The molecule has 1 atom stereocenters. The van der Waals surface area contributed by atoms with E-state index < -0.39 is 6.04 Å². The van der Waals surface area contributed by atoms with Crippen molar-refractivity contribution in [3.63, 3.8) is 0 Å². The Morgan fingerprint density at radius 1 is 1.08 bits per heavy atom. The van der Waals surface area contributed by atoms with Crippen molar-refractivity contribution in [1.29, 1.82) is 0 Å². The second-order valence-corrected chi connectivity index (χ2v) is 5.91. The number of nitrogens with one attached hydrogen (secondary N) is 1. The molecule has 1 fully saturated rings. The molecule has 7 heteroatoms. The third-order valence-corrected chi connectivity index (χ3v) is 4.21. The van der Waals surface area contributed by atoms with E-state index in [1.54, 1.807) is 12.1 Å². The molecule has 1 amide bonds. The van der Waals surface area contributed by atoms with Gasteiger partial charge in [-0.3, -0.25) is 4.79 Å². The minimum absolute atomic E-state index is 0.236. The van der Waals surface area contributed by atoms with Crippen LogP contribution in [0.15, 0.2) is 57.6 Å². The summed E-state index contributed by atoms with van der Waals surface area (Å²) in [7, 11) is 0. The lowest BCUT2D eigenvalue weighted by molar-refractivity contribution is 0.0910. The van der Waals surface area contributed by atoms with Crippen molar-refractivity contribution in [2.24, 2.45) is 0 Å². The molecule has 0 spiro atoms. The van der Waals surface area contributed by atoms with Crippen molar-refractivity contribution in [2.45, 2.75) is 18.9 Å². The van der Waals surface area contributed by atoms with Crippen LogP contribution >= 0.6 is 0 Å². The van der Waals surface area contributed by atoms with Crippen molar-refractivity contribution in [3.05, 3.63) is 65.9 Å². The summed E-state index contributed by atoms with van der Waals surface area (Å²) in [6, 6.07) is 12.8. The third-order valence-electron chi connectivity index (χ3n) is 4.21. The summed E-state index contributed by atoms with van der Waals surface area (Å²) in [4.78, 5) is 14.5. The molecule has 0 saturated carbocycles. The molecule has 1 aliphatic heterocycles. The van der Waals surface area contributed by atoms with Gasteiger partial charge in [0.25, 0.3) is 5.91 Å². The number of anilines is 1. The fraction of sp³-hybridized carbons (Fsp3) is 0.278. The van der Waals surface area contributed by atoms with Gasteiger partial charge in [-0.05, 0) is 30.5 Å². The van der Waals surface area contributed by atoms with E-state index in [1.165, 1.54) is 6.26 Å². The minimum atomic E-state index is -0.539. The molecule has 128 valence electrons. The van der Waals surface area contributed by atoms with Crippen molar-refractivity contribution < 1.29 is 13.6 Å². The Hall–Kier alpha value is -3.09. The van der Waals surface area contributed by atoms with Gasteiger partial charge in [-0.25, -0.2) is 0 Å². The van der Waals surface area contributed by atoms with Gasteiger partial charge in [0, 0.05) is 13.1 Å². The van der Waals surface area contributed by atoms with Crippen molar-refractivity contribution in [1.82, 2.24) is 15.5 Å². The van der Waals surface area contributed by atoms with Crippen LogP contribution in [-0.4, -0.2) is 29.2 Å². The summed E-state index contributed by atoms with van der Waals surface area (Å²) >= 11 is 0. The molecule has 0 bridgehead atoms. The van der Waals surface area contributed by atoms with E-state index in [2.05, 4.69) is 20.4 Å². The van der Waals surface area contributed by atoms with Crippen LogP contribution in [0.2, 0.25) is 0 Å². The fourth-order valence-electron chi connectivity index (χ4n) is 2.92. The molecule has 4 rings (SSSR count). The first-order chi connectivity index (χ1) is 12.3. The van der Waals surface area contributed by atoms with Crippen molar-refractivity contribution in [3.8, 4) is 0 Å². The van der Waals surface area contributed by atoms with E-state index in [9.17, 15) is 4.79 Å². The Morgan fingerprint density at radius 3 is 2.60 bits per heavy atom. The molecule has 3 heterocycles. The largest absolute Gasteiger partial charge is 0.459 e. The number of benzene rings is 1. The standard InChI is InChI=1S/C18H18N4O3/c23-16(14-9-6-12-24-14)19-15(13-7-2-1-3-8-13)17-20-21-18(25-17)22-10-4-5-11-22/h1-3,6-9,12,15H,4-5,10-11H2,(H,19,23)/t15-/m0/s1. The average molecular weight is 338 g/mol. The molecule has 1 aromatic carbocycles. The first-order valence-electron chi connectivity index (χ1n) is 8.29. The molecule has 0 radical (unpaired) electrons. The maximum Gasteiger partial charge on any atom is 0.318 e. The summed E-state index contributed by atoms with van der Waals surface area (Å²) < 4.78 is 11.0. The predicted molar refractivity (Wildman–Crippen MR) is 90.2 cm³/mol. The van der Waals surface area contributed by atoms with Gasteiger partial charge in [-0.15, -0.1) is 5.10 Å². The highest BCUT2D eigenvalue weighted by molar-refractivity contribution is 5.91. The van der Waals surface area contributed by atoms with Gasteiger partial charge in [0.05, 0.1) is 6.26 Å². The fourth-order valence-corrected chi connectivity index (χ4v) is 2.92. The molecule has 1 saturated heterocycles. The molecule has 2 aromatic heterocycles.